The molecule has 4 rings (SSSR count). The van der Waals surface area contributed by atoms with Gasteiger partial charge in [-0.15, -0.1) is 0 Å². The van der Waals surface area contributed by atoms with Crippen LogP contribution in [0, 0.1) is 11.6 Å². The number of rotatable bonds is 2. The number of benzene rings is 2. The first-order valence-corrected chi connectivity index (χ1v) is 8.22. The Bertz CT molecular complexity index is 693. The second kappa shape index (κ2) is 6.02. The Kier molecular flexibility index (Phi) is 3.87. The number of halogens is 2. The lowest BCUT2D eigenvalue weighted by Crippen LogP contribution is -2.44. The Morgan fingerprint density at radius 1 is 0.870 bits per heavy atom. The van der Waals surface area contributed by atoms with Crippen molar-refractivity contribution in [3.8, 4) is 0 Å². The zero-order valence-corrected chi connectivity index (χ0v) is 12.9. The summed E-state index contributed by atoms with van der Waals surface area (Å²) >= 11 is 0. The fraction of sp³-hybridized carbons (Fsp3) is 0.368. The van der Waals surface area contributed by atoms with E-state index in [9.17, 15) is 8.78 Å². The second-order valence-electron chi connectivity index (χ2n) is 6.41. The van der Waals surface area contributed by atoms with Crippen molar-refractivity contribution in [2.45, 2.75) is 18.4 Å². The van der Waals surface area contributed by atoms with E-state index in [1.54, 1.807) is 12.1 Å². The average molecular weight is 314 g/mol. The standard InChI is InChI=1S/C19H20F2N2/c20-14-3-1-13(2-4-14)17-12-19(23-9-7-22-8-10-23)16-6-5-15(21)11-18(16)17/h1-6,11,17,19,22H,7-10,12H2. The zero-order valence-electron chi connectivity index (χ0n) is 12.9. The van der Waals surface area contributed by atoms with Crippen molar-refractivity contribution >= 4 is 0 Å². The van der Waals surface area contributed by atoms with Gasteiger partial charge in [-0.25, -0.2) is 8.78 Å². The van der Waals surface area contributed by atoms with Gasteiger partial charge in [0.05, 0.1) is 0 Å². The van der Waals surface area contributed by atoms with Crippen molar-refractivity contribution in [1.82, 2.24) is 10.2 Å². The maximum Gasteiger partial charge on any atom is 0.123 e. The molecule has 2 aromatic rings. The highest BCUT2D eigenvalue weighted by Crippen LogP contribution is 2.46. The van der Waals surface area contributed by atoms with Gasteiger partial charge < -0.3 is 5.32 Å². The van der Waals surface area contributed by atoms with E-state index >= 15 is 0 Å². The van der Waals surface area contributed by atoms with Crippen molar-refractivity contribution in [1.29, 1.82) is 0 Å². The SMILES string of the molecule is Fc1ccc(C2CC(N3CCNCC3)c3ccc(F)cc32)cc1. The van der Waals surface area contributed by atoms with E-state index in [0.29, 0.717) is 6.04 Å². The molecule has 1 saturated heterocycles. The predicted molar refractivity (Wildman–Crippen MR) is 86.4 cm³/mol. The molecule has 0 spiro atoms. The molecule has 2 atom stereocenters. The summed E-state index contributed by atoms with van der Waals surface area (Å²) < 4.78 is 27.0. The second-order valence-corrected chi connectivity index (χ2v) is 6.41. The molecule has 0 amide bonds. The van der Waals surface area contributed by atoms with Crippen molar-refractivity contribution in [2.75, 3.05) is 26.2 Å². The van der Waals surface area contributed by atoms with E-state index in [1.165, 1.54) is 17.7 Å². The summed E-state index contributed by atoms with van der Waals surface area (Å²) in [5, 5.41) is 3.38. The van der Waals surface area contributed by atoms with Gasteiger partial charge in [0.1, 0.15) is 11.6 Å². The van der Waals surface area contributed by atoms with Crippen LogP contribution in [0.3, 0.4) is 0 Å². The van der Waals surface area contributed by atoms with Crippen LogP contribution in [0.5, 0.6) is 0 Å². The molecule has 2 unspecified atom stereocenters. The van der Waals surface area contributed by atoms with Gasteiger partial charge in [-0.05, 0) is 47.4 Å². The summed E-state index contributed by atoms with van der Waals surface area (Å²) in [5.74, 6) is -0.289. The Hall–Kier alpha value is -1.78. The fourth-order valence-electron chi connectivity index (χ4n) is 3.98. The van der Waals surface area contributed by atoms with Gasteiger partial charge in [0.25, 0.3) is 0 Å². The lowest BCUT2D eigenvalue weighted by molar-refractivity contribution is 0.171. The summed E-state index contributed by atoms with van der Waals surface area (Å²) in [4.78, 5) is 2.48. The highest BCUT2D eigenvalue weighted by Gasteiger charge is 2.35. The first kappa shape index (κ1) is 14.8. The van der Waals surface area contributed by atoms with Crippen LogP contribution >= 0.6 is 0 Å². The molecule has 2 nitrogen and oxygen atoms in total. The van der Waals surface area contributed by atoms with Gasteiger partial charge in [0.15, 0.2) is 0 Å². The average Bonchev–Trinajstić information content (AvgIpc) is 2.95. The van der Waals surface area contributed by atoms with E-state index < -0.39 is 0 Å². The van der Waals surface area contributed by atoms with Crippen molar-refractivity contribution < 1.29 is 8.78 Å². The zero-order chi connectivity index (χ0) is 15.8. The van der Waals surface area contributed by atoms with E-state index in [4.69, 9.17) is 0 Å². The largest absolute Gasteiger partial charge is 0.314 e. The van der Waals surface area contributed by atoms with Crippen LogP contribution in [0.1, 0.15) is 35.1 Å². The van der Waals surface area contributed by atoms with Crippen LogP contribution in [0.25, 0.3) is 0 Å². The molecule has 23 heavy (non-hydrogen) atoms. The van der Waals surface area contributed by atoms with Crippen LogP contribution in [0.15, 0.2) is 42.5 Å². The third kappa shape index (κ3) is 2.77. The van der Waals surface area contributed by atoms with Crippen LogP contribution in [0.4, 0.5) is 8.78 Å². The van der Waals surface area contributed by atoms with Gasteiger partial charge in [0.2, 0.25) is 0 Å². The van der Waals surface area contributed by atoms with Crippen molar-refractivity contribution in [2.24, 2.45) is 0 Å². The molecule has 120 valence electrons. The fourth-order valence-corrected chi connectivity index (χ4v) is 3.98. The Morgan fingerprint density at radius 2 is 1.57 bits per heavy atom. The number of hydrogen-bond donors (Lipinski definition) is 1. The number of nitrogens with zero attached hydrogens (tertiary/aromatic N) is 1. The maximum atomic E-state index is 13.8. The summed E-state index contributed by atoms with van der Waals surface area (Å²) in [5.41, 5.74) is 3.35. The number of hydrogen-bond acceptors (Lipinski definition) is 2. The third-order valence-corrected chi connectivity index (χ3v) is 5.11. The van der Waals surface area contributed by atoms with Gasteiger partial charge in [-0.2, -0.15) is 0 Å². The normalized spacial score (nSPS) is 24.6. The third-order valence-electron chi connectivity index (χ3n) is 5.11. The topological polar surface area (TPSA) is 15.3 Å². The van der Waals surface area contributed by atoms with E-state index in [-0.39, 0.29) is 17.6 Å². The van der Waals surface area contributed by atoms with E-state index in [2.05, 4.69) is 10.2 Å². The van der Waals surface area contributed by atoms with Crippen LogP contribution in [0.2, 0.25) is 0 Å². The number of fused-ring (bicyclic) bond motifs is 1. The van der Waals surface area contributed by atoms with Crippen molar-refractivity contribution in [3.63, 3.8) is 0 Å². The summed E-state index contributed by atoms with van der Waals surface area (Å²) in [6.45, 7) is 4.01. The summed E-state index contributed by atoms with van der Waals surface area (Å²) in [7, 11) is 0. The molecule has 1 fully saturated rings. The Labute approximate surface area is 135 Å². The Morgan fingerprint density at radius 3 is 2.30 bits per heavy atom. The first-order chi connectivity index (χ1) is 11.2. The van der Waals surface area contributed by atoms with E-state index in [0.717, 1.165) is 43.7 Å². The molecule has 1 N–H and O–H groups in total. The first-order valence-electron chi connectivity index (χ1n) is 8.22. The van der Waals surface area contributed by atoms with Gasteiger partial charge in [0, 0.05) is 38.1 Å². The van der Waals surface area contributed by atoms with Gasteiger partial charge >= 0.3 is 0 Å². The molecule has 2 aliphatic rings. The predicted octanol–water partition coefficient (Wildman–Crippen LogP) is 3.45. The number of piperazine rings is 1. The lowest BCUT2D eigenvalue weighted by Gasteiger charge is -2.33. The summed E-state index contributed by atoms with van der Waals surface area (Å²) in [6, 6.07) is 12.1. The quantitative estimate of drug-likeness (QED) is 0.913. The molecule has 0 aromatic heterocycles. The highest BCUT2D eigenvalue weighted by atomic mass is 19.1. The van der Waals surface area contributed by atoms with E-state index in [1.807, 2.05) is 18.2 Å². The smallest absolute Gasteiger partial charge is 0.123 e. The van der Waals surface area contributed by atoms with Crippen LogP contribution in [-0.2, 0) is 0 Å². The van der Waals surface area contributed by atoms with Crippen LogP contribution < -0.4 is 5.32 Å². The number of nitrogens with one attached hydrogen (secondary N) is 1. The lowest BCUT2D eigenvalue weighted by atomic mass is 9.93. The molecule has 2 aromatic carbocycles. The maximum absolute atomic E-state index is 13.8. The molecule has 0 radical (unpaired) electrons. The molecular formula is C19H20F2N2. The minimum absolute atomic E-state index is 0.140. The molecule has 1 heterocycles. The summed E-state index contributed by atoms with van der Waals surface area (Å²) in [6.07, 6.45) is 0.935. The van der Waals surface area contributed by atoms with Gasteiger partial charge in [-0.1, -0.05) is 18.2 Å². The Balaban J connectivity index is 1.72. The van der Waals surface area contributed by atoms with Crippen molar-refractivity contribution in [3.05, 3.63) is 70.8 Å². The minimum Gasteiger partial charge on any atom is -0.314 e. The minimum atomic E-state index is -0.232. The monoisotopic (exact) mass is 314 g/mol. The molecule has 1 aliphatic heterocycles. The molecule has 0 bridgehead atoms. The highest BCUT2D eigenvalue weighted by molar-refractivity contribution is 5.45. The molecule has 1 aliphatic carbocycles. The van der Waals surface area contributed by atoms with Gasteiger partial charge in [-0.3, -0.25) is 4.90 Å². The molecule has 4 heteroatoms. The van der Waals surface area contributed by atoms with Crippen LogP contribution in [-0.4, -0.2) is 31.1 Å². The molecule has 0 saturated carbocycles. The molecular weight excluding hydrogens is 294 g/mol.